The highest BCUT2D eigenvalue weighted by molar-refractivity contribution is 7.92. The summed E-state index contributed by atoms with van der Waals surface area (Å²) in [5, 5.41) is 23.0. The van der Waals surface area contributed by atoms with Gasteiger partial charge in [0.1, 0.15) is 5.82 Å². The highest BCUT2D eigenvalue weighted by Gasteiger charge is 2.22. The molecule has 1 heterocycles. The summed E-state index contributed by atoms with van der Waals surface area (Å²) >= 11 is 0. The summed E-state index contributed by atoms with van der Waals surface area (Å²) in [6.07, 6.45) is 1.07. The Kier molecular flexibility index (Phi) is 9.07. The van der Waals surface area contributed by atoms with E-state index in [2.05, 4.69) is 15.1 Å². The lowest BCUT2D eigenvalue weighted by molar-refractivity contribution is -0.120. The van der Waals surface area contributed by atoms with Gasteiger partial charge in [-0.1, -0.05) is 26.0 Å². The number of benzene rings is 1. The molecular formula is C22H28FN5O5S. The molecule has 0 unspecified atom stereocenters. The fraction of sp³-hybridized carbons (Fsp3) is 0.409. The second kappa shape index (κ2) is 11.4. The molecule has 0 aliphatic rings. The van der Waals surface area contributed by atoms with Gasteiger partial charge < -0.3 is 10.2 Å². The van der Waals surface area contributed by atoms with Gasteiger partial charge in [-0.15, -0.1) is 5.11 Å². The normalized spacial score (nSPS) is 13.8. The summed E-state index contributed by atoms with van der Waals surface area (Å²) in [4.78, 5) is 20.0. The van der Waals surface area contributed by atoms with Crippen LogP contribution in [0.25, 0.3) is 17.3 Å². The minimum atomic E-state index is -3.65. The molecule has 1 aromatic heterocycles. The van der Waals surface area contributed by atoms with E-state index in [1.54, 1.807) is 6.08 Å². The van der Waals surface area contributed by atoms with Crippen LogP contribution in [0.2, 0.25) is 0 Å². The van der Waals surface area contributed by atoms with Crippen molar-refractivity contribution in [1.29, 1.82) is 5.53 Å². The third-order valence-corrected chi connectivity index (χ3v) is 6.10. The lowest BCUT2D eigenvalue weighted by Crippen LogP contribution is -2.27. The minimum absolute atomic E-state index is 0.0590. The van der Waals surface area contributed by atoms with E-state index in [-0.39, 0.29) is 24.7 Å². The molecule has 0 spiro atoms. The lowest BCUT2D eigenvalue weighted by Gasteiger charge is -2.20. The second-order valence-corrected chi connectivity index (χ2v) is 10.1. The Labute approximate surface area is 197 Å². The number of aromatic nitrogens is 2. The first kappa shape index (κ1) is 27.2. The molecule has 184 valence electrons. The number of anilines is 1. The molecule has 3 N–H and O–H groups in total. The van der Waals surface area contributed by atoms with Gasteiger partial charge in [0.25, 0.3) is 5.91 Å². The number of nitrogens with one attached hydrogen (secondary N) is 1. The number of hydrogen-bond acceptors (Lipinski definition) is 8. The molecule has 0 aliphatic carbocycles. The van der Waals surface area contributed by atoms with Crippen LogP contribution >= 0.6 is 0 Å². The second-order valence-electron chi connectivity index (χ2n) is 8.09. The molecule has 2 rings (SSSR count). The zero-order valence-electron chi connectivity index (χ0n) is 19.3. The quantitative estimate of drug-likeness (QED) is 0.429. The average molecular weight is 494 g/mol. The molecule has 12 heteroatoms. The van der Waals surface area contributed by atoms with Crippen LogP contribution in [0.15, 0.2) is 35.5 Å². The van der Waals surface area contributed by atoms with Crippen molar-refractivity contribution in [2.75, 3.05) is 17.6 Å². The summed E-state index contributed by atoms with van der Waals surface area (Å²) in [6, 6.07) is 5.50. The summed E-state index contributed by atoms with van der Waals surface area (Å²) in [6.45, 7) is 3.71. The SMILES string of the molecule is CC(C)c1nc(N(C)S(C)(=O)=O)nc(-c2ccc(F)cc2)c1/C=C/[C@@H](O)C[C@@H](O)CC(=O)N=N. The maximum Gasteiger partial charge on any atom is 0.266 e. The maximum absolute atomic E-state index is 13.5. The van der Waals surface area contributed by atoms with Crippen LogP contribution in [-0.4, -0.2) is 60.0 Å². The summed E-state index contributed by atoms with van der Waals surface area (Å²) in [5.74, 6) is -1.49. The van der Waals surface area contributed by atoms with E-state index < -0.39 is 34.0 Å². The Morgan fingerprint density at radius 2 is 1.85 bits per heavy atom. The number of halogens is 1. The number of nitrogens with zero attached hydrogens (tertiary/aromatic N) is 4. The number of carbonyl (C=O) groups is 1. The molecule has 0 aliphatic heterocycles. The fourth-order valence-corrected chi connectivity index (χ4v) is 3.47. The molecule has 34 heavy (non-hydrogen) atoms. The minimum Gasteiger partial charge on any atom is -0.392 e. The predicted molar refractivity (Wildman–Crippen MR) is 125 cm³/mol. The molecule has 1 aromatic carbocycles. The summed E-state index contributed by atoms with van der Waals surface area (Å²) in [7, 11) is -2.33. The van der Waals surface area contributed by atoms with Gasteiger partial charge in [-0.05, 0) is 30.2 Å². The van der Waals surface area contributed by atoms with Gasteiger partial charge in [0.15, 0.2) is 0 Å². The smallest absolute Gasteiger partial charge is 0.266 e. The van der Waals surface area contributed by atoms with Crippen molar-refractivity contribution in [2.24, 2.45) is 5.11 Å². The zero-order chi connectivity index (χ0) is 25.6. The van der Waals surface area contributed by atoms with Gasteiger partial charge >= 0.3 is 0 Å². The van der Waals surface area contributed by atoms with Crippen molar-refractivity contribution in [2.45, 2.75) is 44.8 Å². The molecule has 0 radical (unpaired) electrons. The fourth-order valence-electron chi connectivity index (χ4n) is 3.09. The van der Waals surface area contributed by atoms with E-state index in [9.17, 15) is 27.8 Å². The van der Waals surface area contributed by atoms with Crippen molar-refractivity contribution >= 4 is 28.0 Å². The Hall–Kier alpha value is -3.09. The van der Waals surface area contributed by atoms with Gasteiger partial charge in [0, 0.05) is 24.6 Å². The van der Waals surface area contributed by atoms with Gasteiger partial charge in [-0.2, -0.15) is 0 Å². The van der Waals surface area contributed by atoms with Crippen LogP contribution in [-0.2, 0) is 14.8 Å². The first-order valence-electron chi connectivity index (χ1n) is 10.4. The number of sulfonamides is 1. The summed E-state index contributed by atoms with van der Waals surface area (Å²) in [5.41, 5.74) is 8.47. The third kappa shape index (κ3) is 7.20. The van der Waals surface area contributed by atoms with E-state index in [0.717, 1.165) is 10.6 Å². The highest BCUT2D eigenvalue weighted by Crippen LogP contribution is 2.31. The van der Waals surface area contributed by atoms with Crippen LogP contribution in [0.3, 0.4) is 0 Å². The van der Waals surface area contributed by atoms with Crippen molar-refractivity contribution in [1.82, 2.24) is 9.97 Å². The Morgan fingerprint density at radius 3 is 2.38 bits per heavy atom. The molecule has 0 bridgehead atoms. The van der Waals surface area contributed by atoms with Crippen molar-refractivity contribution < 1.29 is 27.8 Å². The standard InChI is InChI=1S/C22H28FN5O5S/c1-13(2)20-18(10-9-16(29)11-17(30)12-19(31)27-24)21(14-5-7-15(23)8-6-14)26-22(25-20)28(3)34(4,32)33/h5-10,13,16-17,24,29-30H,11-12H2,1-4H3/b10-9+,27-24?/t16-,17-/m1/s1. The van der Waals surface area contributed by atoms with Gasteiger partial charge in [-0.3, -0.25) is 4.79 Å². The van der Waals surface area contributed by atoms with Crippen LogP contribution in [0, 0.1) is 11.3 Å². The number of hydrogen-bond donors (Lipinski definition) is 3. The molecule has 10 nitrogen and oxygen atoms in total. The van der Waals surface area contributed by atoms with E-state index in [4.69, 9.17) is 5.53 Å². The van der Waals surface area contributed by atoms with E-state index >= 15 is 0 Å². The Bertz CT molecular complexity index is 1170. The van der Waals surface area contributed by atoms with Crippen molar-refractivity contribution in [3.05, 3.63) is 47.4 Å². The first-order valence-corrected chi connectivity index (χ1v) is 12.2. The maximum atomic E-state index is 13.5. The van der Waals surface area contributed by atoms with Gasteiger partial charge in [0.05, 0.1) is 36.3 Å². The lowest BCUT2D eigenvalue weighted by atomic mass is 9.97. The monoisotopic (exact) mass is 493 g/mol. The van der Waals surface area contributed by atoms with Crippen LogP contribution < -0.4 is 4.31 Å². The highest BCUT2D eigenvalue weighted by atomic mass is 32.2. The largest absolute Gasteiger partial charge is 0.392 e. The average Bonchev–Trinajstić information content (AvgIpc) is 2.76. The predicted octanol–water partition coefficient (Wildman–Crippen LogP) is 2.87. The first-order chi connectivity index (χ1) is 15.8. The van der Waals surface area contributed by atoms with E-state index in [0.29, 0.717) is 22.5 Å². The van der Waals surface area contributed by atoms with Gasteiger partial charge in [-0.25, -0.2) is 32.6 Å². The van der Waals surface area contributed by atoms with Crippen LogP contribution in [0.4, 0.5) is 10.3 Å². The van der Waals surface area contributed by atoms with Gasteiger partial charge in [0.2, 0.25) is 16.0 Å². The topological polar surface area (TPSA) is 157 Å². The number of amides is 1. The third-order valence-electron chi connectivity index (χ3n) is 4.94. The Morgan fingerprint density at radius 1 is 1.24 bits per heavy atom. The molecule has 0 saturated heterocycles. The molecule has 2 aromatic rings. The van der Waals surface area contributed by atoms with E-state index in [1.807, 2.05) is 13.8 Å². The van der Waals surface area contributed by atoms with Crippen LogP contribution in [0.1, 0.15) is 43.9 Å². The molecular weight excluding hydrogens is 465 g/mol. The number of aliphatic hydroxyl groups excluding tert-OH is 2. The zero-order valence-corrected chi connectivity index (χ0v) is 20.1. The molecule has 0 saturated carbocycles. The van der Waals surface area contributed by atoms with Crippen molar-refractivity contribution in [3.63, 3.8) is 0 Å². The molecule has 1 amide bonds. The van der Waals surface area contributed by atoms with Crippen LogP contribution in [0.5, 0.6) is 0 Å². The molecule has 2 atom stereocenters. The number of carbonyl (C=O) groups excluding carboxylic acids is 1. The number of aliphatic hydroxyl groups is 2. The molecule has 0 fully saturated rings. The van der Waals surface area contributed by atoms with Crippen molar-refractivity contribution in [3.8, 4) is 11.3 Å². The van der Waals surface area contributed by atoms with E-state index in [1.165, 1.54) is 37.4 Å². The Balaban J connectivity index is 2.58. The number of rotatable bonds is 10. The summed E-state index contributed by atoms with van der Waals surface area (Å²) < 4.78 is 38.7.